The van der Waals surface area contributed by atoms with Crippen LogP contribution in [0, 0.1) is 6.92 Å². The number of nitrogens with one attached hydrogen (secondary N) is 1. The lowest BCUT2D eigenvalue weighted by Gasteiger charge is -2.11. The van der Waals surface area contributed by atoms with Crippen molar-refractivity contribution in [1.29, 1.82) is 0 Å². The maximum absolute atomic E-state index is 12.6. The van der Waals surface area contributed by atoms with Crippen LogP contribution >= 0.6 is 11.3 Å². The fourth-order valence-electron chi connectivity index (χ4n) is 3.15. The van der Waals surface area contributed by atoms with Gasteiger partial charge in [0, 0.05) is 16.8 Å². The molecular weight excluding hydrogens is 364 g/mol. The van der Waals surface area contributed by atoms with Crippen molar-refractivity contribution in [3.63, 3.8) is 0 Å². The molecule has 1 heterocycles. The van der Waals surface area contributed by atoms with Crippen LogP contribution < -0.4 is 5.32 Å². The van der Waals surface area contributed by atoms with E-state index in [-0.39, 0.29) is 5.91 Å². The van der Waals surface area contributed by atoms with Crippen LogP contribution in [-0.4, -0.2) is 10.9 Å². The van der Waals surface area contributed by atoms with Crippen LogP contribution in [-0.2, 0) is 0 Å². The largest absolute Gasteiger partial charge is 0.322 e. The zero-order valence-electron chi connectivity index (χ0n) is 16.2. The Labute approximate surface area is 169 Å². The minimum atomic E-state index is -0.0915. The minimum absolute atomic E-state index is 0.0915. The first-order valence-corrected chi connectivity index (χ1v) is 10.2. The van der Waals surface area contributed by atoms with E-state index in [1.807, 2.05) is 61.5 Å². The molecule has 28 heavy (non-hydrogen) atoms. The van der Waals surface area contributed by atoms with E-state index in [1.165, 1.54) is 10.3 Å². The highest BCUT2D eigenvalue weighted by atomic mass is 32.1. The SMILES string of the molecule is Cc1cc(-c2nc3ccccc3s2)ccc1NC(=O)c1ccc(C(C)C)cc1. The fourth-order valence-corrected chi connectivity index (χ4v) is 4.11. The molecule has 0 atom stereocenters. The number of fused-ring (bicyclic) bond motifs is 1. The van der Waals surface area contributed by atoms with Crippen LogP contribution in [0.3, 0.4) is 0 Å². The summed E-state index contributed by atoms with van der Waals surface area (Å²) in [6.45, 7) is 6.30. The standard InChI is InChI=1S/C24H22N2OS/c1-15(2)17-8-10-18(11-9-17)23(27)25-20-13-12-19(14-16(20)3)24-26-21-6-4-5-7-22(21)28-24/h4-15H,1-3H3,(H,25,27). The first kappa shape index (κ1) is 18.4. The topological polar surface area (TPSA) is 42.0 Å². The van der Waals surface area contributed by atoms with E-state index in [0.29, 0.717) is 11.5 Å². The highest BCUT2D eigenvalue weighted by molar-refractivity contribution is 7.21. The van der Waals surface area contributed by atoms with Crippen molar-refractivity contribution in [2.45, 2.75) is 26.7 Å². The summed E-state index contributed by atoms with van der Waals surface area (Å²) in [6, 6.07) is 22.0. The van der Waals surface area contributed by atoms with Crippen LogP contribution in [0.2, 0.25) is 0 Å². The molecule has 4 heteroatoms. The molecule has 0 saturated heterocycles. The third-order valence-corrected chi connectivity index (χ3v) is 5.94. The van der Waals surface area contributed by atoms with Crippen molar-refractivity contribution in [2.24, 2.45) is 0 Å². The Bertz CT molecular complexity index is 1110. The maximum atomic E-state index is 12.6. The second-order valence-electron chi connectivity index (χ2n) is 7.25. The summed E-state index contributed by atoms with van der Waals surface area (Å²) >= 11 is 1.68. The predicted octanol–water partition coefficient (Wildman–Crippen LogP) is 6.65. The smallest absolute Gasteiger partial charge is 0.255 e. The van der Waals surface area contributed by atoms with Gasteiger partial charge in [0.1, 0.15) is 5.01 Å². The van der Waals surface area contributed by atoms with Crippen LogP contribution in [0.25, 0.3) is 20.8 Å². The molecule has 0 spiro atoms. The Morgan fingerprint density at radius 3 is 2.43 bits per heavy atom. The van der Waals surface area contributed by atoms with Crippen LogP contribution in [0.5, 0.6) is 0 Å². The van der Waals surface area contributed by atoms with Gasteiger partial charge >= 0.3 is 0 Å². The fraction of sp³-hybridized carbons (Fsp3) is 0.167. The van der Waals surface area contributed by atoms with E-state index in [9.17, 15) is 4.79 Å². The number of aromatic nitrogens is 1. The molecule has 0 unspecified atom stereocenters. The Balaban J connectivity index is 1.55. The van der Waals surface area contributed by atoms with Gasteiger partial charge in [0.25, 0.3) is 5.91 Å². The molecule has 0 saturated carbocycles. The molecule has 3 aromatic carbocycles. The van der Waals surface area contributed by atoms with Gasteiger partial charge in [-0.25, -0.2) is 4.98 Å². The molecule has 4 rings (SSSR count). The van der Waals surface area contributed by atoms with Crippen molar-refractivity contribution in [1.82, 2.24) is 4.98 Å². The van der Waals surface area contributed by atoms with Crippen molar-refractivity contribution in [3.05, 3.63) is 83.4 Å². The van der Waals surface area contributed by atoms with Crippen LogP contribution in [0.15, 0.2) is 66.7 Å². The Morgan fingerprint density at radius 1 is 1.00 bits per heavy atom. The highest BCUT2D eigenvalue weighted by Gasteiger charge is 2.11. The molecule has 0 aliphatic carbocycles. The molecule has 1 N–H and O–H groups in total. The molecule has 0 fully saturated rings. The van der Waals surface area contributed by atoms with Gasteiger partial charge in [0.2, 0.25) is 0 Å². The summed E-state index contributed by atoms with van der Waals surface area (Å²) in [5.74, 6) is 0.362. The van der Waals surface area contributed by atoms with E-state index in [4.69, 9.17) is 4.98 Å². The Morgan fingerprint density at radius 2 is 1.75 bits per heavy atom. The number of para-hydroxylation sites is 1. The zero-order valence-corrected chi connectivity index (χ0v) is 17.0. The number of carbonyl (C=O) groups is 1. The van der Waals surface area contributed by atoms with Gasteiger partial charge in [0.15, 0.2) is 0 Å². The summed E-state index contributed by atoms with van der Waals surface area (Å²) in [5, 5.41) is 4.02. The average molecular weight is 387 g/mol. The molecule has 1 amide bonds. The number of amides is 1. The lowest BCUT2D eigenvalue weighted by molar-refractivity contribution is 0.102. The Kier molecular flexibility index (Phi) is 4.97. The number of nitrogens with zero attached hydrogens (tertiary/aromatic N) is 1. The normalized spacial score (nSPS) is 11.1. The number of anilines is 1. The van der Waals surface area contributed by atoms with Gasteiger partial charge in [-0.1, -0.05) is 38.1 Å². The molecule has 3 nitrogen and oxygen atoms in total. The van der Waals surface area contributed by atoms with E-state index in [0.717, 1.165) is 27.3 Å². The third kappa shape index (κ3) is 3.69. The van der Waals surface area contributed by atoms with E-state index >= 15 is 0 Å². The monoisotopic (exact) mass is 386 g/mol. The second kappa shape index (κ2) is 7.56. The summed E-state index contributed by atoms with van der Waals surface area (Å²) in [7, 11) is 0. The molecule has 4 aromatic rings. The first-order chi connectivity index (χ1) is 13.5. The molecule has 0 aliphatic heterocycles. The van der Waals surface area contributed by atoms with Gasteiger partial charge in [-0.3, -0.25) is 4.79 Å². The maximum Gasteiger partial charge on any atom is 0.255 e. The number of rotatable bonds is 4. The third-order valence-electron chi connectivity index (χ3n) is 4.85. The zero-order chi connectivity index (χ0) is 19.7. The second-order valence-corrected chi connectivity index (χ2v) is 8.28. The Hall–Kier alpha value is -2.98. The molecule has 1 aromatic heterocycles. The molecule has 0 bridgehead atoms. The predicted molar refractivity (Wildman–Crippen MR) is 118 cm³/mol. The van der Waals surface area contributed by atoms with Gasteiger partial charge in [-0.05, 0) is 66.4 Å². The summed E-state index contributed by atoms with van der Waals surface area (Å²) in [6.07, 6.45) is 0. The number of hydrogen-bond donors (Lipinski definition) is 1. The quantitative estimate of drug-likeness (QED) is 0.427. The summed E-state index contributed by atoms with van der Waals surface area (Å²) in [5.41, 5.74) is 5.82. The van der Waals surface area contributed by atoms with E-state index in [2.05, 4.69) is 31.3 Å². The van der Waals surface area contributed by atoms with Crippen molar-refractivity contribution in [3.8, 4) is 10.6 Å². The van der Waals surface area contributed by atoms with Gasteiger partial charge in [0.05, 0.1) is 10.2 Å². The number of hydrogen-bond acceptors (Lipinski definition) is 3. The highest BCUT2D eigenvalue weighted by Crippen LogP contribution is 2.32. The van der Waals surface area contributed by atoms with E-state index in [1.54, 1.807) is 11.3 Å². The van der Waals surface area contributed by atoms with Gasteiger partial charge < -0.3 is 5.32 Å². The molecule has 0 radical (unpaired) electrons. The van der Waals surface area contributed by atoms with Gasteiger partial charge in [-0.2, -0.15) is 0 Å². The molecular formula is C24H22N2OS. The average Bonchev–Trinajstić information content (AvgIpc) is 3.13. The number of thiazole rings is 1. The minimum Gasteiger partial charge on any atom is -0.322 e. The lowest BCUT2D eigenvalue weighted by Crippen LogP contribution is -2.12. The number of benzene rings is 3. The number of aryl methyl sites for hydroxylation is 1. The van der Waals surface area contributed by atoms with Crippen molar-refractivity contribution >= 4 is 33.1 Å². The summed E-state index contributed by atoms with van der Waals surface area (Å²) < 4.78 is 1.18. The number of carbonyl (C=O) groups excluding carboxylic acids is 1. The first-order valence-electron chi connectivity index (χ1n) is 9.39. The van der Waals surface area contributed by atoms with Crippen molar-refractivity contribution in [2.75, 3.05) is 5.32 Å². The van der Waals surface area contributed by atoms with Gasteiger partial charge in [-0.15, -0.1) is 11.3 Å². The van der Waals surface area contributed by atoms with Crippen LogP contribution in [0.1, 0.15) is 41.3 Å². The lowest BCUT2D eigenvalue weighted by atomic mass is 10.0. The van der Waals surface area contributed by atoms with E-state index < -0.39 is 0 Å². The molecule has 140 valence electrons. The van der Waals surface area contributed by atoms with Crippen LogP contribution in [0.4, 0.5) is 5.69 Å². The molecule has 0 aliphatic rings. The summed E-state index contributed by atoms with van der Waals surface area (Å²) in [4.78, 5) is 17.3. The van der Waals surface area contributed by atoms with Crippen molar-refractivity contribution < 1.29 is 4.79 Å².